The van der Waals surface area contributed by atoms with Crippen LogP contribution < -0.4 is 5.32 Å². The molecule has 0 fully saturated rings. The van der Waals surface area contributed by atoms with Crippen LogP contribution in [0, 0.1) is 0 Å². The molecule has 0 aliphatic rings. The fourth-order valence-electron chi connectivity index (χ4n) is 1.60. The highest BCUT2D eigenvalue weighted by Crippen LogP contribution is 2.08. The van der Waals surface area contributed by atoms with E-state index in [2.05, 4.69) is 5.32 Å². The molecule has 0 heterocycles. The third-order valence-electron chi connectivity index (χ3n) is 2.46. The number of alkyl carbamates (subject to hydrolysis) is 1. The van der Waals surface area contributed by atoms with Crippen LogP contribution in [-0.4, -0.2) is 23.5 Å². The summed E-state index contributed by atoms with van der Waals surface area (Å²) in [6.07, 6.45) is -0.0984. The number of nitrogens with one attached hydrogen (secondary N) is 1. The molecular weight excluding hydrogens is 242 g/mol. The molecule has 1 atom stereocenters. The van der Waals surface area contributed by atoms with Gasteiger partial charge in [0.15, 0.2) is 5.78 Å². The normalized spacial score (nSPS) is 12.6. The first-order valence-corrected chi connectivity index (χ1v) is 6.32. The van der Waals surface area contributed by atoms with Gasteiger partial charge in [-0.2, -0.15) is 0 Å². The lowest BCUT2D eigenvalue weighted by Gasteiger charge is -2.22. The summed E-state index contributed by atoms with van der Waals surface area (Å²) in [5.74, 6) is -0.0882. The Hall–Kier alpha value is -1.84. The maximum atomic E-state index is 11.7. The van der Waals surface area contributed by atoms with Gasteiger partial charge in [0.05, 0.1) is 6.04 Å². The second-order valence-corrected chi connectivity index (χ2v) is 5.50. The van der Waals surface area contributed by atoms with Crippen molar-refractivity contribution in [2.45, 2.75) is 45.8 Å². The monoisotopic (exact) mass is 263 g/mol. The van der Waals surface area contributed by atoms with Crippen LogP contribution in [0.5, 0.6) is 0 Å². The second kappa shape index (κ2) is 6.36. The van der Waals surface area contributed by atoms with Gasteiger partial charge in [0, 0.05) is 0 Å². The van der Waals surface area contributed by atoms with Crippen molar-refractivity contribution in [3.8, 4) is 0 Å². The first-order valence-electron chi connectivity index (χ1n) is 6.32. The molecule has 1 aromatic rings. The number of benzene rings is 1. The van der Waals surface area contributed by atoms with Crippen molar-refractivity contribution in [2.75, 3.05) is 0 Å². The number of ether oxygens (including phenoxy) is 1. The molecule has 0 saturated carbocycles. The molecule has 0 bridgehead atoms. The molecular formula is C15H21NO3. The topological polar surface area (TPSA) is 55.4 Å². The lowest BCUT2D eigenvalue weighted by atomic mass is 10.0. The van der Waals surface area contributed by atoms with Gasteiger partial charge in [-0.15, -0.1) is 0 Å². The molecule has 0 aliphatic carbocycles. The Balaban J connectivity index is 2.64. The van der Waals surface area contributed by atoms with Crippen molar-refractivity contribution < 1.29 is 14.3 Å². The van der Waals surface area contributed by atoms with Crippen LogP contribution in [0.25, 0.3) is 0 Å². The smallest absolute Gasteiger partial charge is 0.408 e. The molecule has 4 nitrogen and oxygen atoms in total. The molecule has 0 spiro atoms. The van der Waals surface area contributed by atoms with E-state index in [9.17, 15) is 9.59 Å². The zero-order valence-electron chi connectivity index (χ0n) is 11.9. The molecule has 1 unspecified atom stereocenters. The Kier molecular flexibility index (Phi) is 5.10. The minimum Gasteiger partial charge on any atom is -0.444 e. The van der Waals surface area contributed by atoms with Gasteiger partial charge < -0.3 is 10.1 Å². The van der Waals surface area contributed by atoms with E-state index in [4.69, 9.17) is 4.74 Å². The second-order valence-electron chi connectivity index (χ2n) is 5.50. The number of hydrogen-bond donors (Lipinski definition) is 1. The molecule has 1 rings (SSSR count). The highest BCUT2D eigenvalue weighted by Gasteiger charge is 2.22. The number of carbonyl (C=O) groups excluding carboxylic acids is 2. The fraction of sp³-hybridized carbons (Fsp3) is 0.467. The van der Waals surface area contributed by atoms with Gasteiger partial charge in [-0.25, -0.2) is 4.79 Å². The van der Waals surface area contributed by atoms with E-state index in [1.165, 1.54) is 6.92 Å². The molecule has 1 amide bonds. The van der Waals surface area contributed by atoms with Crippen LogP contribution in [0.2, 0.25) is 0 Å². The van der Waals surface area contributed by atoms with Crippen molar-refractivity contribution in [3.63, 3.8) is 0 Å². The average Bonchev–Trinajstić information content (AvgIpc) is 2.26. The summed E-state index contributed by atoms with van der Waals surface area (Å²) < 4.78 is 5.15. The van der Waals surface area contributed by atoms with Crippen LogP contribution in [0.3, 0.4) is 0 Å². The minimum atomic E-state index is -0.571. The van der Waals surface area contributed by atoms with Gasteiger partial charge in [0.1, 0.15) is 5.60 Å². The van der Waals surface area contributed by atoms with Crippen LogP contribution in [0.15, 0.2) is 30.3 Å². The highest BCUT2D eigenvalue weighted by molar-refractivity contribution is 5.85. The molecule has 0 saturated heterocycles. The van der Waals surface area contributed by atoms with Crippen LogP contribution in [0.1, 0.15) is 33.3 Å². The molecule has 1 N–H and O–H groups in total. The standard InChI is InChI=1S/C15H21NO3/c1-11(17)13(10-12-8-6-5-7-9-12)16-14(18)19-15(2,3)4/h5-9,13H,10H2,1-4H3,(H,16,18). The van der Waals surface area contributed by atoms with Crippen molar-refractivity contribution in [2.24, 2.45) is 0 Å². The molecule has 19 heavy (non-hydrogen) atoms. The van der Waals surface area contributed by atoms with Gasteiger partial charge in [-0.05, 0) is 39.7 Å². The Labute approximate surface area is 114 Å². The molecule has 4 heteroatoms. The number of carbonyl (C=O) groups is 2. The van der Waals surface area contributed by atoms with E-state index >= 15 is 0 Å². The zero-order chi connectivity index (χ0) is 14.5. The summed E-state index contributed by atoms with van der Waals surface area (Å²) >= 11 is 0. The van der Waals surface area contributed by atoms with Crippen LogP contribution in [-0.2, 0) is 16.0 Å². The first kappa shape index (κ1) is 15.2. The Morgan fingerprint density at radius 3 is 2.26 bits per heavy atom. The number of rotatable bonds is 4. The Morgan fingerprint density at radius 2 is 1.79 bits per heavy atom. The summed E-state index contributed by atoms with van der Waals surface area (Å²) in [4.78, 5) is 23.3. The van der Waals surface area contributed by atoms with Gasteiger partial charge in [-0.3, -0.25) is 4.79 Å². The first-order chi connectivity index (χ1) is 8.78. The Bertz CT molecular complexity index is 434. The Morgan fingerprint density at radius 1 is 1.21 bits per heavy atom. The van der Waals surface area contributed by atoms with Crippen molar-refractivity contribution in [1.82, 2.24) is 5.32 Å². The molecule has 0 aromatic heterocycles. The summed E-state index contributed by atoms with van der Waals surface area (Å²) in [5.41, 5.74) is 0.428. The van der Waals surface area contributed by atoms with Gasteiger partial charge in [0.2, 0.25) is 0 Å². The van der Waals surface area contributed by atoms with Crippen molar-refractivity contribution in [1.29, 1.82) is 0 Å². The third-order valence-corrected chi connectivity index (χ3v) is 2.46. The van der Waals surface area contributed by atoms with Crippen molar-refractivity contribution >= 4 is 11.9 Å². The predicted molar refractivity (Wildman–Crippen MR) is 74.0 cm³/mol. The van der Waals surface area contributed by atoms with E-state index < -0.39 is 17.7 Å². The van der Waals surface area contributed by atoms with E-state index in [1.807, 2.05) is 30.3 Å². The maximum Gasteiger partial charge on any atom is 0.408 e. The summed E-state index contributed by atoms with van der Waals surface area (Å²) in [6, 6.07) is 9.00. The minimum absolute atomic E-state index is 0.0882. The summed E-state index contributed by atoms with van der Waals surface area (Å²) in [5, 5.41) is 2.61. The number of ketones is 1. The zero-order valence-corrected chi connectivity index (χ0v) is 11.9. The molecule has 1 aromatic carbocycles. The molecule has 104 valence electrons. The van der Waals surface area contributed by atoms with Crippen LogP contribution in [0.4, 0.5) is 4.79 Å². The highest BCUT2D eigenvalue weighted by atomic mass is 16.6. The largest absolute Gasteiger partial charge is 0.444 e. The van der Waals surface area contributed by atoms with Gasteiger partial charge in [-0.1, -0.05) is 30.3 Å². The predicted octanol–water partition coefficient (Wildman–Crippen LogP) is 2.71. The quantitative estimate of drug-likeness (QED) is 0.908. The molecule has 0 radical (unpaired) electrons. The lowest BCUT2D eigenvalue weighted by Crippen LogP contribution is -2.43. The third kappa shape index (κ3) is 6.04. The summed E-state index contributed by atoms with van der Waals surface area (Å²) in [7, 11) is 0. The van der Waals surface area contributed by atoms with E-state index in [1.54, 1.807) is 20.8 Å². The van der Waals surface area contributed by atoms with Gasteiger partial charge >= 0.3 is 6.09 Å². The maximum absolute atomic E-state index is 11.7. The SMILES string of the molecule is CC(=O)C(Cc1ccccc1)NC(=O)OC(C)(C)C. The van der Waals surface area contributed by atoms with Crippen molar-refractivity contribution in [3.05, 3.63) is 35.9 Å². The van der Waals surface area contributed by atoms with E-state index in [0.717, 1.165) is 5.56 Å². The fourth-order valence-corrected chi connectivity index (χ4v) is 1.60. The van der Waals surface area contributed by atoms with E-state index in [0.29, 0.717) is 6.42 Å². The van der Waals surface area contributed by atoms with Crippen LogP contribution >= 0.6 is 0 Å². The number of hydrogen-bond acceptors (Lipinski definition) is 3. The molecule has 0 aliphatic heterocycles. The van der Waals surface area contributed by atoms with Gasteiger partial charge in [0.25, 0.3) is 0 Å². The lowest BCUT2D eigenvalue weighted by molar-refractivity contribution is -0.119. The average molecular weight is 263 g/mol. The van der Waals surface area contributed by atoms with E-state index in [-0.39, 0.29) is 5.78 Å². The summed E-state index contributed by atoms with van der Waals surface area (Å²) in [6.45, 7) is 6.82. The number of amides is 1. The number of Topliss-reactive ketones (excluding diaryl/α,β-unsaturated/α-hetero) is 1.